The standard InChI is InChI=1S/C11H11NO/c13-10-7-11-6-2-1-3-8(11)4-5-9(11)12-10/h1-6,8-9H,7H2,(H,12,13). The largest absolute Gasteiger partial charge is 0.349 e. The minimum atomic E-state index is 0.0336. The van der Waals surface area contributed by atoms with Gasteiger partial charge >= 0.3 is 0 Å². The third-order valence-electron chi connectivity index (χ3n) is 3.33. The number of amides is 1. The van der Waals surface area contributed by atoms with Gasteiger partial charge in [0, 0.05) is 17.8 Å². The number of hydrogen-bond acceptors (Lipinski definition) is 1. The van der Waals surface area contributed by atoms with Crippen molar-refractivity contribution in [2.24, 2.45) is 11.3 Å². The van der Waals surface area contributed by atoms with Crippen molar-refractivity contribution in [1.29, 1.82) is 0 Å². The van der Waals surface area contributed by atoms with E-state index in [1.807, 2.05) is 0 Å². The van der Waals surface area contributed by atoms with Gasteiger partial charge in [-0.2, -0.15) is 0 Å². The lowest BCUT2D eigenvalue weighted by molar-refractivity contribution is -0.119. The van der Waals surface area contributed by atoms with Gasteiger partial charge in [-0.25, -0.2) is 0 Å². The molecule has 3 rings (SSSR count). The average Bonchev–Trinajstić information content (AvgIpc) is 2.57. The van der Waals surface area contributed by atoms with Gasteiger partial charge in [-0.15, -0.1) is 0 Å². The summed E-state index contributed by atoms with van der Waals surface area (Å²) in [6, 6.07) is 0.228. The number of rotatable bonds is 0. The van der Waals surface area contributed by atoms with Gasteiger partial charge in [-0.1, -0.05) is 36.5 Å². The molecule has 1 fully saturated rings. The molecule has 0 aromatic carbocycles. The summed E-state index contributed by atoms with van der Waals surface area (Å²) >= 11 is 0. The lowest BCUT2D eigenvalue weighted by Crippen LogP contribution is -2.35. The van der Waals surface area contributed by atoms with Crippen LogP contribution in [0.4, 0.5) is 0 Å². The quantitative estimate of drug-likeness (QED) is 0.547. The van der Waals surface area contributed by atoms with E-state index >= 15 is 0 Å². The van der Waals surface area contributed by atoms with E-state index in [0.29, 0.717) is 12.3 Å². The molecule has 1 N–H and O–H groups in total. The third-order valence-corrected chi connectivity index (χ3v) is 3.33. The number of nitrogens with one attached hydrogen (secondary N) is 1. The predicted molar refractivity (Wildman–Crippen MR) is 49.9 cm³/mol. The first-order valence-corrected chi connectivity index (χ1v) is 4.65. The summed E-state index contributed by atoms with van der Waals surface area (Å²) in [7, 11) is 0. The van der Waals surface area contributed by atoms with Crippen molar-refractivity contribution < 1.29 is 4.79 Å². The molecule has 0 bridgehead atoms. The second-order valence-electron chi connectivity index (χ2n) is 3.99. The fraction of sp³-hybridized carbons (Fsp3) is 0.364. The van der Waals surface area contributed by atoms with Gasteiger partial charge in [0.25, 0.3) is 0 Å². The monoisotopic (exact) mass is 173 g/mol. The molecule has 1 heterocycles. The maximum absolute atomic E-state index is 11.3. The highest BCUT2D eigenvalue weighted by Gasteiger charge is 2.51. The molecular weight excluding hydrogens is 162 g/mol. The van der Waals surface area contributed by atoms with Crippen LogP contribution in [0.15, 0.2) is 36.5 Å². The van der Waals surface area contributed by atoms with Crippen LogP contribution in [0.5, 0.6) is 0 Å². The summed E-state index contributed by atoms with van der Waals surface area (Å²) in [6.07, 6.45) is 13.4. The van der Waals surface area contributed by atoms with Crippen LogP contribution in [0.1, 0.15) is 6.42 Å². The molecule has 0 aromatic rings. The molecule has 3 atom stereocenters. The molecule has 2 aliphatic carbocycles. The zero-order chi connectivity index (χ0) is 8.89. The van der Waals surface area contributed by atoms with Gasteiger partial charge in [-0.3, -0.25) is 4.79 Å². The Morgan fingerprint density at radius 1 is 1.31 bits per heavy atom. The van der Waals surface area contributed by atoms with Gasteiger partial charge < -0.3 is 5.32 Å². The van der Waals surface area contributed by atoms with E-state index in [9.17, 15) is 4.79 Å². The molecule has 1 saturated heterocycles. The van der Waals surface area contributed by atoms with Crippen LogP contribution >= 0.6 is 0 Å². The molecule has 0 saturated carbocycles. The first-order chi connectivity index (χ1) is 6.31. The molecule has 0 radical (unpaired) electrons. The summed E-state index contributed by atoms with van der Waals surface area (Å²) in [4.78, 5) is 11.3. The second-order valence-corrected chi connectivity index (χ2v) is 3.99. The van der Waals surface area contributed by atoms with Gasteiger partial charge in [-0.05, 0) is 0 Å². The predicted octanol–water partition coefficient (Wildman–Crippen LogP) is 1.17. The Kier molecular flexibility index (Phi) is 1.17. The molecule has 66 valence electrons. The number of allylic oxidation sites excluding steroid dienone is 4. The molecule has 2 nitrogen and oxygen atoms in total. The SMILES string of the molecule is O=C1CC23C=CC=CC2C=CC3N1. The fourth-order valence-corrected chi connectivity index (χ4v) is 2.64. The molecular formula is C11H11NO. The molecule has 1 spiro atoms. The van der Waals surface area contributed by atoms with E-state index in [1.54, 1.807) is 0 Å². The van der Waals surface area contributed by atoms with E-state index in [2.05, 4.69) is 41.8 Å². The highest BCUT2D eigenvalue weighted by molar-refractivity contribution is 5.82. The summed E-state index contributed by atoms with van der Waals surface area (Å²) in [5.74, 6) is 0.598. The number of carbonyl (C=O) groups is 1. The molecule has 3 aliphatic rings. The van der Waals surface area contributed by atoms with Crippen molar-refractivity contribution in [2.75, 3.05) is 0 Å². The molecule has 13 heavy (non-hydrogen) atoms. The van der Waals surface area contributed by atoms with Crippen molar-refractivity contribution in [3.8, 4) is 0 Å². The smallest absolute Gasteiger partial charge is 0.221 e. The van der Waals surface area contributed by atoms with E-state index < -0.39 is 0 Å². The minimum Gasteiger partial charge on any atom is -0.349 e. The van der Waals surface area contributed by atoms with E-state index in [4.69, 9.17) is 0 Å². The van der Waals surface area contributed by atoms with Crippen molar-refractivity contribution in [2.45, 2.75) is 12.5 Å². The Hall–Kier alpha value is -1.31. The molecule has 1 amide bonds. The summed E-state index contributed by atoms with van der Waals surface area (Å²) < 4.78 is 0. The van der Waals surface area contributed by atoms with Crippen LogP contribution in [0.3, 0.4) is 0 Å². The van der Waals surface area contributed by atoms with E-state index in [1.165, 1.54) is 0 Å². The lowest BCUT2D eigenvalue weighted by Gasteiger charge is -2.31. The van der Waals surface area contributed by atoms with Crippen LogP contribution in [0, 0.1) is 11.3 Å². The van der Waals surface area contributed by atoms with Crippen LogP contribution in [-0.2, 0) is 4.79 Å². The Labute approximate surface area is 77.0 Å². The van der Waals surface area contributed by atoms with Crippen LogP contribution in [-0.4, -0.2) is 11.9 Å². The molecule has 3 unspecified atom stereocenters. The Bertz CT molecular complexity index is 353. The molecule has 2 heteroatoms. The zero-order valence-electron chi connectivity index (χ0n) is 7.23. The molecule has 0 aromatic heterocycles. The number of hydrogen-bond donors (Lipinski definition) is 1. The topological polar surface area (TPSA) is 29.1 Å². The highest BCUT2D eigenvalue weighted by atomic mass is 16.2. The van der Waals surface area contributed by atoms with E-state index in [-0.39, 0.29) is 17.4 Å². The maximum atomic E-state index is 11.3. The minimum absolute atomic E-state index is 0.0336. The Morgan fingerprint density at radius 3 is 3.15 bits per heavy atom. The summed E-state index contributed by atoms with van der Waals surface area (Å²) in [5, 5.41) is 2.99. The first-order valence-electron chi connectivity index (χ1n) is 4.65. The molecule has 1 aliphatic heterocycles. The van der Waals surface area contributed by atoms with Gasteiger partial charge in [0.05, 0.1) is 6.04 Å². The maximum Gasteiger partial charge on any atom is 0.221 e. The van der Waals surface area contributed by atoms with Crippen molar-refractivity contribution in [1.82, 2.24) is 5.32 Å². The van der Waals surface area contributed by atoms with Crippen LogP contribution < -0.4 is 5.32 Å². The van der Waals surface area contributed by atoms with Gasteiger partial charge in [0.1, 0.15) is 0 Å². The van der Waals surface area contributed by atoms with Crippen molar-refractivity contribution in [3.05, 3.63) is 36.5 Å². The average molecular weight is 173 g/mol. The first kappa shape index (κ1) is 7.13. The van der Waals surface area contributed by atoms with Crippen molar-refractivity contribution >= 4 is 5.91 Å². The fourth-order valence-electron chi connectivity index (χ4n) is 2.64. The van der Waals surface area contributed by atoms with Crippen LogP contribution in [0.2, 0.25) is 0 Å². The van der Waals surface area contributed by atoms with E-state index in [0.717, 1.165) is 0 Å². The highest BCUT2D eigenvalue weighted by Crippen LogP contribution is 2.48. The second kappa shape index (κ2) is 2.13. The van der Waals surface area contributed by atoms with Gasteiger partial charge in [0.2, 0.25) is 5.91 Å². The Balaban J connectivity index is 2.09. The third kappa shape index (κ3) is 0.755. The summed E-state index contributed by atoms with van der Waals surface area (Å²) in [6.45, 7) is 0. The lowest BCUT2D eigenvalue weighted by atomic mass is 9.72. The van der Waals surface area contributed by atoms with Crippen LogP contribution in [0.25, 0.3) is 0 Å². The summed E-state index contributed by atoms with van der Waals surface area (Å²) in [5.41, 5.74) is 0.0336. The zero-order valence-corrected chi connectivity index (χ0v) is 7.23. The number of carbonyl (C=O) groups excluding carboxylic acids is 1. The normalized spacial score (nSPS) is 44.8. The Morgan fingerprint density at radius 2 is 2.23 bits per heavy atom. The van der Waals surface area contributed by atoms with Gasteiger partial charge in [0.15, 0.2) is 0 Å². The van der Waals surface area contributed by atoms with Crippen molar-refractivity contribution in [3.63, 3.8) is 0 Å².